The van der Waals surface area contributed by atoms with Gasteiger partial charge in [0.25, 0.3) is 0 Å². The Kier molecular flexibility index (Phi) is 10.5. The summed E-state index contributed by atoms with van der Waals surface area (Å²) in [4.78, 5) is 4.62. The Morgan fingerprint density at radius 1 is 1.07 bits per heavy atom. The molecule has 2 atom stereocenters. The van der Waals surface area contributed by atoms with Crippen LogP contribution >= 0.6 is 0 Å². The van der Waals surface area contributed by atoms with Gasteiger partial charge in [-0.1, -0.05) is 48.9 Å². The van der Waals surface area contributed by atoms with Crippen molar-refractivity contribution in [3.63, 3.8) is 0 Å². The molecule has 1 aliphatic carbocycles. The number of hydrogen-bond donors (Lipinski definition) is 2. The zero-order valence-electron chi connectivity index (χ0n) is 24.9. The first-order valence-corrected chi connectivity index (χ1v) is 14.1. The molecule has 2 unspecified atom stereocenters. The van der Waals surface area contributed by atoms with Crippen molar-refractivity contribution in [3.8, 4) is 5.75 Å². The van der Waals surface area contributed by atoms with E-state index in [0.29, 0.717) is 11.3 Å². The number of aliphatic hydroxyl groups excluding tert-OH is 1. The molecule has 1 aromatic heterocycles. The summed E-state index contributed by atoms with van der Waals surface area (Å²) in [6.07, 6.45) is 6.86. The van der Waals surface area contributed by atoms with Crippen LogP contribution in [0.15, 0.2) is 66.2 Å². The first-order valence-electron chi connectivity index (χ1n) is 14.1. The fourth-order valence-electron chi connectivity index (χ4n) is 4.51. The molecule has 0 amide bonds. The summed E-state index contributed by atoms with van der Waals surface area (Å²) in [6.45, 7) is 10.8. The van der Waals surface area contributed by atoms with Gasteiger partial charge in [0.05, 0.1) is 11.8 Å². The maximum Gasteiger partial charge on any atom is 0.167 e. The fraction of sp³-hybridized carbons (Fsp3) is 0.441. The number of aromatic nitrogens is 1. The minimum Gasteiger partial charge on any atom is -0.478 e. The second-order valence-corrected chi connectivity index (χ2v) is 11.2. The summed E-state index contributed by atoms with van der Waals surface area (Å²) in [7, 11) is 1.75. The third kappa shape index (κ3) is 7.91. The van der Waals surface area contributed by atoms with Crippen LogP contribution < -0.4 is 10.1 Å². The summed E-state index contributed by atoms with van der Waals surface area (Å²) in [5.41, 5.74) is 4.50. The molecule has 2 N–H and O–H groups in total. The van der Waals surface area contributed by atoms with Crippen molar-refractivity contribution in [2.75, 3.05) is 12.4 Å². The van der Waals surface area contributed by atoms with Crippen molar-refractivity contribution in [1.82, 2.24) is 4.98 Å². The molecule has 1 aliphatic rings. The number of alkyl halides is 1. The number of ether oxygens (including phenoxy) is 1. The molecule has 4 rings (SSSR count). The Labute approximate surface area is 238 Å². The standard InChI is InChI=1S/C18H23FN2O.C16H21FO/c1-6-13-8-7-12(2)21-17(13)18(3,4)22-16-10-9-14(20-5)11-15(16)19;1-12(18)16(2,17)15-10-8-14(9-11-15)7-6-13-4-3-5-13/h7-11,20H,6H2,1-5H3;6,8-12,18H,3-5,7H2,1-2H3. The molecule has 0 radical (unpaired) electrons. The van der Waals surface area contributed by atoms with Gasteiger partial charge in [0, 0.05) is 24.5 Å². The third-order valence-corrected chi connectivity index (χ3v) is 7.58. The van der Waals surface area contributed by atoms with Crippen molar-refractivity contribution in [3.05, 3.63) is 100 Å². The number of nitrogens with one attached hydrogen (secondary N) is 1. The molecular formula is C34H44F2N2O2. The summed E-state index contributed by atoms with van der Waals surface area (Å²) in [5.74, 6) is -0.153. The average molecular weight is 551 g/mol. The van der Waals surface area contributed by atoms with Gasteiger partial charge in [-0.3, -0.25) is 4.98 Å². The van der Waals surface area contributed by atoms with Gasteiger partial charge in [0.2, 0.25) is 0 Å². The first kappa shape index (κ1) is 31.3. The zero-order valence-corrected chi connectivity index (χ0v) is 24.9. The quantitative estimate of drug-likeness (QED) is 0.263. The van der Waals surface area contributed by atoms with E-state index >= 15 is 0 Å². The number of nitrogens with zero attached hydrogens (tertiary/aromatic N) is 1. The topological polar surface area (TPSA) is 54.4 Å². The molecular weight excluding hydrogens is 506 g/mol. The number of benzene rings is 2. The normalized spacial score (nSPS) is 15.2. The molecule has 0 saturated heterocycles. The van der Waals surface area contributed by atoms with Crippen LogP contribution in [-0.4, -0.2) is 23.2 Å². The van der Waals surface area contributed by atoms with Crippen LogP contribution in [0.3, 0.4) is 0 Å². The van der Waals surface area contributed by atoms with E-state index in [9.17, 15) is 13.9 Å². The van der Waals surface area contributed by atoms with E-state index in [1.165, 1.54) is 44.7 Å². The van der Waals surface area contributed by atoms with Crippen LogP contribution in [0.1, 0.15) is 82.0 Å². The van der Waals surface area contributed by atoms with E-state index in [1.807, 2.05) is 39.0 Å². The van der Waals surface area contributed by atoms with Crippen molar-refractivity contribution >= 4 is 5.69 Å². The van der Waals surface area contributed by atoms with E-state index in [2.05, 4.69) is 29.4 Å². The largest absolute Gasteiger partial charge is 0.478 e. The predicted molar refractivity (Wildman–Crippen MR) is 160 cm³/mol. The van der Waals surface area contributed by atoms with Crippen LogP contribution in [0.25, 0.3) is 0 Å². The second kappa shape index (κ2) is 13.4. The van der Waals surface area contributed by atoms with Gasteiger partial charge < -0.3 is 15.2 Å². The molecule has 0 aliphatic heterocycles. The highest BCUT2D eigenvalue weighted by atomic mass is 19.1. The molecule has 1 heterocycles. The van der Waals surface area contributed by atoms with Gasteiger partial charge >= 0.3 is 0 Å². The van der Waals surface area contributed by atoms with Crippen molar-refractivity contribution in [2.24, 2.45) is 0 Å². The molecule has 4 nitrogen and oxygen atoms in total. The highest BCUT2D eigenvalue weighted by Crippen LogP contribution is 2.32. The summed E-state index contributed by atoms with van der Waals surface area (Å²) < 4.78 is 34.3. The van der Waals surface area contributed by atoms with E-state index in [0.717, 1.165) is 29.8 Å². The lowest BCUT2D eigenvalue weighted by molar-refractivity contribution is 0.0135. The van der Waals surface area contributed by atoms with E-state index in [-0.39, 0.29) is 11.6 Å². The Hall–Kier alpha value is -3.25. The molecule has 1 fully saturated rings. The zero-order chi connectivity index (χ0) is 29.5. The van der Waals surface area contributed by atoms with Gasteiger partial charge in [-0.25, -0.2) is 8.78 Å². The maximum absolute atomic E-state index is 14.2. The predicted octanol–water partition coefficient (Wildman–Crippen LogP) is 8.35. The summed E-state index contributed by atoms with van der Waals surface area (Å²) in [5, 5.41) is 12.3. The van der Waals surface area contributed by atoms with Crippen LogP contribution in [0.2, 0.25) is 0 Å². The van der Waals surface area contributed by atoms with Crippen LogP contribution in [-0.2, 0) is 24.1 Å². The van der Waals surface area contributed by atoms with Gasteiger partial charge in [0.15, 0.2) is 17.2 Å². The monoisotopic (exact) mass is 550 g/mol. The lowest BCUT2D eigenvalue weighted by atomic mass is 9.90. The minimum atomic E-state index is -1.68. The van der Waals surface area contributed by atoms with Gasteiger partial charge in [-0.05, 0) is 102 Å². The highest BCUT2D eigenvalue weighted by molar-refractivity contribution is 5.47. The molecule has 0 bridgehead atoms. The first-order chi connectivity index (χ1) is 18.9. The Morgan fingerprint density at radius 3 is 2.27 bits per heavy atom. The SMILES string of the molecule is CC(O)C(C)(F)c1ccc(CC=C2CCC2)cc1.CCc1ccc(C)nc1C(C)(C)Oc1ccc(NC)cc1F. The fourth-order valence-corrected chi connectivity index (χ4v) is 4.51. The molecule has 2 aromatic carbocycles. The van der Waals surface area contributed by atoms with Crippen LogP contribution in [0.5, 0.6) is 5.75 Å². The minimum absolute atomic E-state index is 0.231. The number of anilines is 1. The Bertz CT molecular complexity index is 1290. The van der Waals surface area contributed by atoms with Gasteiger partial charge in [-0.15, -0.1) is 0 Å². The molecule has 0 spiro atoms. The lowest BCUT2D eigenvalue weighted by Gasteiger charge is -2.28. The van der Waals surface area contributed by atoms with E-state index in [4.69, 9.17) is 4.74 Å². The average Bonchev–Trinajstić information content (AvgIpc) is 2.89. The highest BCUT2D eigenvalue weighted by Gasteiger charge is 2.31. The third-order valence-electron chi connectivity index (χ3n) is 7.58. The number of aryl methyl sites for hydroxylation is 2. The lowest BCUT2D eigenvalue weighted by Crippen LogP contribution is -2.29. The smallest absolute Gasteiger partial charge is 0.167 e. The van der Waals surface area contributed by atoms with Crippen LogP contribution in [0, 0.1) is 12.7 Å². The second-order valence-electron chi connectivity index (χ2n) is 11.2. The van der Waals surface area contributed by atoms with Crippen molar-refractivity contribution in [1.29, 1.82) is 0 Å². The molecule has 6 heteroatoms. The number of pyridine rings is 1. The maximum atomic E-state index is 14.2. The number of allylic oxidation sites excluding steroid dienone is 2. The van der Waals surface area contributed by atoms with Crippen molar-refractivity contribution < 1.29 is 18.6 Å². The molecule has 216 valence electrons. The number of rotatable bonds is 9. The summed E-state index contributed by atoms with van der Waals surface area (Å²) >= 11 is 0. The Balaban J connectivity index is 0.000000225. The number of aliphatic hydroxyl groups is 1. The number of hydrogen-bond acceptors (Lipinski definition) is 4. The van der Waals surface area contributed by atoms with Gasteiger partial charge in [-0.2, -0.15) is 0 Å². The van der Waals surface area contributed by atoms with Gasteiger partial charge in [0.1, 0.15) is 5.60 Å². The molecule has 1 saturated carbocycles. The number of halogens is 2. The molecule has 3 aromatic rings. The van der Waals surface area contributed by atoms with Crippen LogP contribution in [0.4, 0.5) is 14.5 Å². The summed E-state index contributed by atoms with van der Waals surface area (Å²) in [6, 6.07) is 16.4. The molecule has 40 heavy (non-hydrogen) atoms. The Morgan fingerprint density at radius 2 is 1.75 bits per heavy atom. The van der Waals surface area contributed by atoms with E-state index < -0.39 is 17.4 Å². The van der Waals surface area contributed by atoms with E-state index in [1.54, 1.807) is 36.9 Å². The van der Waals surface area contributed by atoms with Crippen molar-refractivity contribution in [2.45, 2.75) is 91.0 Å².